The molecule has 4 rings (SSSR count). The summed E-state index contributed by atoms with van der Waals surface area (Å²) in [5.74, 6) is 1.14. The lowest BCUT2D eigenvalue weighted by Gasteiger charge is -2.42. The predicted molar refractivity (Wildman–Crippen MR) is 142 cm³/mol. The minimum absolute atomic E-state index is 0.226. The Bertz CT molecular complexity index is 1290. The van der Waals surface area contributed by atoms with E-state index in [9.17, 15) is 10.1 Å². The molecular weight excluding hydrogens is 476 g/mol. The first kappa shape index (κ1) is 24.9. The number of aliphatic imine (C=N–C) groups is 1. The number of amides is 2. The van der Waals surface area contributed by atoms with Crippen molar-refractivity contribution in [1.82, 2.24) is 15.1 Å². The van der Waals surface area contributed by atoms with E-state index in [0.29, 0.717) is 42.1 Å². The molecule has 36 heavy (non-hydrogen) atoms. The highest BCUT2D eigenvalue weighted by atomic mass is 35.5. The molecule has 1 atom stereocenters. The molecule has 2 amide bonds. The Hall–Kier alpha value is -4.22. The average molecular weight is 503 g/mol. The topological polar surface area (TPSA) is 93.0 Å². The van der Waals surface area contributed by atoms with Gasteiger partial charge >= 0.3 is 6.03 Å². The van der Waals surface area contributed by atoms with Gasteiger partial charge in [0.15, 0.2) is 6.19 Å². The van der Waals surface area contributed by atoms with Gasteiger partial charge in [-0.25, -0.2) is 9.79 Å². The van der Waals surface area contributed by atoms with E-state index in [1.165, 1.54) is 0 Å². The van der Waals surface area contributed by atoms with Crippen LogP contribution in [-0.2, 0) is 0 Å². The van der Waals surface area contributed by atoms with Crippen molar-refractivity contribution >= 4 is 35.0 Å². The van der Waals surface area contributed by atoms with Crippen LogP contribution in [0.1, 0.15) is 17.2 Å². The minimum Gasteiger partial charge on any atom is -0.497 e. The Balaban J connectivity index is 1.64. The number of nitrogens with one attached hydrogen (secondary N) is 2. The number of urea groups is 1. The molecule has 3 aromatic carbocycles. The summed E-state index contributed by atoms with van der Waals surface area (Å²) in [4.78, 5) is 21.9. The zero-order valence-corrected chi connectivity index (χ0v) is 20.9. The number of ether oxygens (including phenoxy) is 1. The molecule has 0 radical (unpaired) electrons. The lowest BCUT2D eigenvalue weighted by molar-refractivity contribution is 0.135. The Labute approximate surface area is 215 Å². The lowest BCUT2D eigenvalue weighted by Crippen LogP contribution is -2.55. The second-order valence-electron chi connectivity index (χ2n) is 8.33. The van der Waals surface area contributed by atoms with Gasteiger partial charge in [0.1, 0.15) is 5.75 Å². The maximum atomic E-state index is 13.4. The van der Waals surface area contributed by atoms with E-state index in [0.717, 1.165) is 16.8 Å². The summed E-state index contributed by atoms with van der Waals surface area (Å²) in [7, 11) is 1.61. The molecule has 1 fully saturated rings. The number of carbonyl (C=O) groups excluding carboxylic acids is 1. The van der Waals surface area contributed by atoms with Gasteiger partial charge < -0.3 is 19.9 Å². The zero-order valence-electron chi connectivity index (χ0n) is 20.1. The maximum Gasteiger partial charge on any atom is 0.322 e. The van der Waals surface area contributed by atoms with Crippen molar-refractivity contribution in [3.63, 3.8) is 0 Å². The molecule has 8 nitrogen and oxygen atoms in total. The number of guanidine groups is 1. The highest BCUT2D eigenvalue weighted by molar-refractivity contribution is 6.30. The normalized spacial score (nSPS) is 15.7. The highest BCUT2D eigenvalue weighted by Gasteiger charge is 2.33. The van der Waals surface area contributed by atoms with E-state index < -0.39 is 0 Å². The van der Waals surface area contributed by atoms with E-state index in [2.05, 4.69) is 10.6 Å². The van der Waals surface area contributed by atoms with Crippen molar-refractivity contribution < 1.29 is 9.53 Å². The summed E-state index contributed by atoms with van der Waals surface area (Å²) in [5, 5.41) is 15.7. The molecule has 1 heterocycles. The van der Waals surface area contributed by atoms with Gasteiger partial charge in [0.25, 0.3) is 0 Å². The van der Waals surface area contributed by atoms with Crippen molar-refractivity contribution in [2.75, 3.05) is 32.1 Å². The van der Waals surface area contributed by atoms with Crippen LogP contribution in [0.15, 0.2) is 77.8 Å². The number of carbonyl (C=O) groups is 1. The number of benzene rings is 3. The fraction of sp³-hybridized carbons (Fsp3) is 0.222. The number of piperazine rings is 1. The standard InChI is InChI=1S/C27H27ClN6O2/c1-19-6-3-4-9-24(19)32-26(30-18-29)33-14-15-34(27(35)31-22-12-10-21(28)11-13-22)25(17-33)20-7-5-8-23(16-20)36-2/h3-13,16,25H,14-15,17H2,1-2H3,(H,30,32)(H,31,35). The van der Waals surface area contributed by atoms with Gasteiger partial charge in [-0.2, -0.15) is 5.26 Å². The van der Waals surface area contributed by atoms with Crippen LogP contribution in [-0.4, -0.2) is 48.5 Å². The molecule has 9 heteroatoms. The molecule has 1 unspecified atom stereocenters. The number of methoxy groups -OCH3 is 1. The summed E-state index contributed by atoms with van der Waals surface area (Å²) in [6.45, 7) is 3.32. The Morgan fingerprint density at radius 2 is 1.89 bits per heavy atom. The second kappa shape index (κ2) is 11.5. The van der Waals surface area contributed by atoms with E-state index >= 15 is 0 Å². The number of halogens is 1. The number of anilines is 1. The van der Waals surface area contributed by atoms with Crippen LogP contribution in [0.3, 0.4) is 0 Å². The molecule has 1 aliphatic heterocycles. The number of hydrogen-bond donors (Lipinski definition) is 2. The number of hydrogen-bond acceptors (Lipinski definition) is 4. The van der Waals surface area contributed by atoms with Crippen molar-refractivity contribution in [3.05, 3.63) is 88.9 Å². The SMILES string of the molecule is COc1cccc(C2CN(C(=Nc3ccccc3C)NC#N)CCN2C(=O)Nc2ccc(Cl)cc2)c1. The molecule has 3 aromatic rings. The van der Waals surface area contributed by atoms with Crippen LogP contribution in [0, 0.1) is 18.4 Å². The molecule has 1 saturated heterocycles. The summed E-state index contributed by atoms with van der Waals surface area (Å²) in [6, 6.07) is 21.8. The minimum atomic E-state index is -0.316. The van der Waals surface area contributed by atoms with Gasteiger partial charge in [0.2, 0.25) is 5.96 Å². The predicted octanol–water partition coefficient (Wildman–Crippen LogP) is 5.31. The third-order valence-corrected chi connectivity index (χ3v) is 6.28. The second-order valence-corrected chi connectivity index (χ2v) is 8.76. The summed E-state index contributed by atoms with van der Waals surface area (Å²) in [6.07, 6.45) is 2.00. The third-order valence-electron chi connectivity index (χ3n) is 6.02. The monoisotopic (exact) mass is 502 g/mol. The van der Waals surface area contributed by atoms with Gasteiger partial charge in [0.05, 0.1) is 18.8 Å². The van der Waals surface area contributed by atoms with Crippen LogP contribution >= 0.6 is 11.6 Å². The van der Waals surface area contributed by atoms with Crippen molar-refractivity contribution in [3.8, 4) is 11.9 Å². The summed E-state index contributed by atoms with van der Waals surface area (Å²) < 4.78 is 5.43. The fourth-order valence-electron chi connectivity index (χ4n) is 4.11. The van der Waals surface area contributed by atoms with Crippen molar-refractivity contribution in [2.24, 2.45) is 4.99 Å². The summed E-state index contributed by atoms with van der Waals surface area (Å²) in [5.41, 5.74) is 3.35. The van der Waals surface area contributed by atoms with Crippen LogP contribution in [0.4, 0.5) is 16.2 Å². The van der Waals surface area contributed by atoms with Crippen molar-refractivity contribution in [1.29, 1.82) is 5.26 Å². The number of nitrogens with zero attached hydrogens (tertiary/aromatic N) is 4. The average Bonchev–Trinajstić information content (AvgIpc) is 2.90. The largest absolute Gasteiger partial charge is 0.497 e. The smallest absolute Gasteiger partial charge is 0.322 e. The van der Waals surface area contributed by atoms with Crippen molar-refractivity contribution in [2.45, 2.75) is 13.0 Å². The van der Waals surface area contributed by atoms with Crippen LogP contribution in [0.2, 0.25) is 5.02 Å². The Kier molecular flexibility index (Phi) is 7.93. The molecule has 0 aromatic heterocycles. The van der Waals surface area contributed by atoms with Crippen LogP contribution in [0.25, 0.3) is 0 Å². The van der Waals surface area contributed by atoms with Crippen LogP contribution < -0.4 is 15.4 Å². The highest BCUT2D eigenvalue weighted by Crippen LogP contribution is 2.29. The van der Waals surface area contributed by atoms with E-state index in [-0.39, 0.29) is 12.1 Å². The first-order valence-corrected chi connectivity index (χ1v) is 11.9. The van der Waals surface area contributed by atoms with E-state index in [1.807, 2.05) is 66.5 Å². The lowest BCUT2D eigenvalue weighted by atomic mass is 10.0. The molecule has 0 spiro atoms. The third kappa shape index (κ3) is 5.88. The fourth-order valence-corrected chi connectivity index (χ4v) is 4.24. The number of rotatable bonds is 4. The van der Waals surface area contributed by atoms with Crippen LogP contribution in [0.5, 0.6) is 5.75 Å². The summed E-state index contributed by atoms with van der Waals surface area (Å²) >= 11 is 5.99. The first-order chi connectivity index (χ1) is 17.5. The quantitative estimate of drug-likeness (QED) is 0.218. The van der Waals surface area contributed by atoms with Gasteiger partial charge in [-0.3, -0.25) is 5.32 Å². The van der Waals surface area contributed by atoms with Gasteiger partial charge in [-0.05, 0) is 60.5 Å². The Morgan fingerprint density at radius 3 is 2.61 bits per heavy atom. The molecule has 184 valence electrons. The molecule has 1 aliphatic rings. The zero-order chi connectivity index (χ0) is 25.5. The number of aryl methyl sites for hydroxylation is 1. The first-order valence-electron chi connectivity index (χ1n) is 11.5. The van der Waals surface area contributed by atoms with Gasteiger partial charge in [-0.1, -0.05) is 41.9 Å². The number of nitriles is 1. The molecule has 0 saturated carbocycles. The van der Waals surface area contributed by atoms with Gasteiger partial charge in [-0.15, -0.1) is 0 Å². The molecule has 0 bridgehead atoms. The van der Waals surface area contributed by atoms with E-state index in [4.69, 9.17) is 21.3 Å². The molecule has 0 aliphatic carbocycles. The molecular formula is C27H27ClN6O2. The number of para-hydroxylation sites is 1. The molecule has 2 N–H and O–H groups in total. The van der Waals surface area contributed by atoms with E-state index in [1.54, 1.807) is 36.3 Å². The maximum absolute atomic E-state index is 13.4. The van der Waals surface area contributed by atoms with Gasteiger partial charge in [0, 0.05) is 30.3 Å². The Morgan fingerprint density at radius 1 is 1.11 bits per heavy atom.